The number of ketones is 1. The van der Waals surface area contributed by atoms with Crippen molar-refractivity contribution in [2.45, 2.75) is 52.5 Å². The molecule has 0 bridgehead atoms. The van der Waals surface area contributed by atoms with E-state index in [0.29, 0.717) is 65.5 Å². The van der Waals surface area contributed by atoms with Crippen molar-refractivity contribution >= 4 is 52.4 Å². The van der Waals surface area contributed by atoms with Crippen LogP contribution in [0.3, 0.4) is 0 Å². The summed E-state index contributed by atoms with van der Waals surface area (Å²) in [7, 11) is 0. The number of anilines is 1. The quantitative estimate of drug-likeness (QED) is 0.0403. The van der Waals surface area contributed by atoms with Crippen molar-refractivity contribution in [3.63, 3.8) is 0 Å². The fourth-order valence-corrected chi connectivity index (χ4v) is 6.16. The number of benzene rings is 2. The highest BCUT2D eigenvalue weighted by Crippen LogP contribution is 2.30. The summed E-state index contributed by atoms with van der Waals surface area (Å²) in [5.41, 5.74) is 9.85. The number of carbonyl (C=O) groups excluding carboxylic acids is 6. The van der Waals surface area contributed by atoms with Crippen LogP contribution >= 0.6 is 0 Å². The standard InChI is InChI=1S/C38H43N9O8/c1-22-27(38(53)47(54)28-13-14-31(49)45-37(28)52)7-6-8-29(22)55-21-33(51)42-16-5-4-15-41-32(50)20-43-36-35(44-30-19-40-17-18-46(30)36)26-11-9-25(10-12-26)34(23(2)39)24(3)48/h6-12,17-19,28,43,47H,4-5,13-16,20-21,39H2,1-3H3,(H,41,50)(H,42,51)(H,45,49,52). The lowest BCUT2D eigenvalue weighted by atomic mass is 9.99. The Morgan fingerprint density at radius 2 is 1.75 bits per heavy atom. The van der Waals surface area contributed by atoms with Gasteiger partial charge in [0.25, 0.3) is 11.8 Å². The fraction of sp³-hybridized carbons (Fsp3) is 0.316. The molecule has 2 aromatic carbocycles. The van der Waals surface area contributed by atoms with E-state index in [1.807, 2.05) is 12.1 Å². The van der Waals surface area contributed by atoms with Gasteiger partial charge >= 0.3 is 5.91 Å². The number of fused-ring (bicyclic) bond motifs is 1. The normalized spacial score (nSPS) is 15.1. The van der Waals surface area contributed by atoms with Gasteiger partial charge < -0.3 is 31.6 Å². The van der Waals surface area contributed by atoms with E-state index in [-0.39, 0.29) is 49.0 Å². The number of nitrogens with one attached hydrogen (secondary N) is 5. The topological polar surface area (TPSA) is 243 Å². The van der Waals surface area contributed by atoms with E-state index in [2.05, 4.69) is 26.3 Å². The van der Waals surface area contributed by atoms with Gasteiger partial charge in [-0.1, -0.05) is 30.3 Å². The maximum atomic E-state index is 12.9. The highest BCUT2D eigenvalue weighted by atomic mass is 16.5. The molecule has 288 valence electrons. The smallest absolute Gasteiger partial charge is 0.345 e. The second kappa shape index (κ2) is 18.0. The van der Waals surface area contributed by atoms with E-state index in [1.54, 1.807) is 55.0 Å². The summed E-state index contributed by atoms with van der Waals surface area (Å²) in [6.07, 6.45) is 6.08. The molecule has 2 unspecified atom stereocenters. The number of ether oxygens (including phenoxy) is 1. The second-order valence-electron chi connectivity index (χ2n) is 13.0. The van der Waals surface area contributed by atoms with Crippen LogP contribution in [-0.4, -0.2) is 82.0 Å². The largest absolute Gasteiger partial charge is 0.626 e. The van der Waals surface area contributed by atoms with Crippen LogP contribution in [0.5, 0.6) is 5.75 Å². The summed E-state index contributed by atoms with van der Waals surface area (Å²) in [4.78, 5) is 82.6. The van der Waals surface area contributed by atoms with Crippen molar-refractivity contribution in [2.24, 2.45) is 5.73 Å². The first kappa shape index (κ1) is 39.7. The zero-order valence-corrected chi connectivity index (χ0v) is 30.7. The third-order valence-corrected chi connectivity index (χ3v) is 8.95. The molecule has 5 rings (SSSR count). The van der Waals surface area contributed by atoms with Crippen LogP contribution in [0.2, 0.25) is 0 Å². The molecular weight excluding hydrogens is 710 g/mol. The number of imide groups is 1. The molecule has 17 nitrogen and oxygen atoms in total. The van der Waals surface area contributed by atoms with Gasteiger partial charge in [0.15, 0.2) is 24.1 Å². The van der Waals surface area contributed by atoms with Crippen LogP contribution in [0, 0.1) is 12.1 Å². The Balaban J connectivity index is 1.05. The molecule has 3 heterocycles. The van der Waals surface area contributed by atoms with Gasteiger partial charge in [0.2, 0.25) is 11.8 Å². The van der Waals surface area contributed by atoms with E-state index in [0.717, 1.165) is 5.56 Å². The minimum atomic E-state index is -1.23. The Morgan fingerprint density at radius 3 is 2.42 bits per heavy atom. The average molecular weight is 754 g/mol. The minimum Gasteiger partial charge on any atom is -0.626 e. The molecular formula is C38H43N9O8. The Morgan fingerprint density at radius 1 is 1.04 bits per heavy atom. The number of Topliss-reactive ketones (excluding diaryl/α,β-unsaturated/α-hetero) is 1. The molecule has 1 aliphatic rings. The van der Waals surface area contributed by atoms with Crippen molar-refractivity contribution in [3.05, 3.63) is 88.6 Å². The Hall–Kier alpha value is -6.46. The van der Waals surface area contributed by atoms with E-state index in [4.69, 9.17) is 15.5 Å². The maximum Gasteiger partial charge on any atom is 0.345 e. The summed E-state index contributed by atoms with van der Waals surface area (Å²) in [5, 5.41) is 22.7. The number of quaternary nitrogens is 1. The summed E-state index contributed by atoms with van der Waals surface area (Å²) in [6.45, 7) is 5.07. The molecule has 1 fully saturated rings. The second-order valence-corrected chi connectivity index (χ2v) is 13.0. The van der Waals surface area contributed by atoms with Gasteiger partial charge in [0.05, 0.1) is 18.3 Å². The Labute approximate surface area is 316 Å². The first-order chi connectivity index (χ1) is 26.3. The van der Waals surface area contributed by atoms with E-state index in [9.17, 15) is 34.0 Å². The monoisotopic (exact) mass is 753 g/mol. The molecule has 1 aliphatic heterocycles. The molecule has 0 radical (unpaired) electrons. The number of amides is 5. The van der Waals surface area contributed by atoms with Gasteiger partial charge in [-0.25, -0.2) is 9.78 Å². The number of carbonyl (C=O) groups is 6. The minimum absolute atomic E-state index is 0.0264. The fourth-order valence-electron chi connectivity index (χ4n) is 6.16. The van der Waals surface area contributed by atoms with Crippen LogP contribution < -0.4 is 36.8 Å². The highest BCUT2D eigenvalue weighted by molar-refractivity contribution is 6.20. The third-order valence-electron chi connectivity index (χ3n) is 8.95. The van der Waals surface area contributed by atoms with Crippen LogP contribution in [0.4, 0.5) is 5.82 Å². The zero-order valence-electron chi connectivity index (χ0n) is 30.7. The van der Waals surface area contributed by atoms with Crippen LogP contribution in [0.15, 0.2) is 66.8 Å². The number of hydroxylamine groups is 2. The van der Waals surface area contributed by atoms with Gasteiger partial charge in [-0.2, -0.15) is 0 Å². The van der Waals surface area contributed by atoms with Crippen LogP contribution in [0.25, 0.3) is 22.5 Å². The highest BCUT2D eigenvalue weighted by Gasteiger charge is 2.36. The molecule has 7 N–H and O–H groups in total. The molecule has 0 saturated carbocycles. The van der Waals surface area contributed by atoms with Gasteiger partial charge in [-0.05, 0) is 51.3 Å². The first-order valence-corrected chi connectivity index (χ1v) is 17.7. The first-order valence-electron chi connectivity index (χ1n) is 17.7. The predicted molar refractivity (Wildman–Crippen MR) is 201 cm³/mol. The van der Waals surface area contributed by atoms with E-state index < -0.39 is 34.7 Å². The Bertz CT molecular complexity index is 2140. The molecule has 0 spiro atoms. The zero-order chi connectivity index (χ0) is 39.6. The van der Waals surface area contributed by atoms with Gasteiger partial charge in [-0.3, -0.25) is 43.7 Å². The average Bonchev–Trinajstić information content (AvgIpc) is 3.53. The van der Waals surface area contributed by atoms with E-state index in [1.165, 1.54) is 19.1 Å². The number of piperidine rings is 1. The number of nitrogens with zero attached hydrogens (tertiary/aromatic N) is 3. The lowest BCUT2D eigenvalue weighted by molar-refractivity contribution is -0.777. The predicted octanol–water partition coefficient (Wildman–Crippen LogP) is 0.815. The number of hydrogen-bond donors (Lipinski definition) is 6. The molecule has 0 aliphatic carbocycles. The van der Waals surface area contributed by atoms with E-state index >= 15 is 0 Å². The molecule has 2 atom stereocenters. The van der Waals surface area contributed by atoms with Crippen molar-refractivity contribution in [1.29, 1.82) is 0 Å². The summed E-state index contributed by atoms with van der Waals surface area (Å²) in [5.74, 6) is -2.09. The molecule has 17 heteroatoms. The molecule has 5 amide bonds. The van der Waals surface area contributed by atoms with Gasteiger partial charge in [-0.15, -0.1) is 0 Å². The SMILES string of the molecule is CC(=O)C(=C(C)N)c1ccc(-c2nc3cnccn3c2NCC(=O)NCCCCNC(=O)COc2cccc(C(=O)[NH+]([O-])C3CCC(=O)NC3=O)c2C)cc1. The molecule has 4 aromatic rings. The number of allylic oxidation sites excluding steroid dienone is 2. The number of rotatable bonds is 16. The Kier molecular flexibility index (Phi) is 13.0. The van der Waals surface area contributed by atoms with Gasteiger partial charge in [0, 0.05) is 60.7 Å². The van der Waals surface area contributed by atoms with Crippen molar-refractivity contribution in [2.75, 3.05) is 31.6 Å². The number of aromatic nitrogens is 3. The molecule has 1 saturated heterocycles. The van der Waals surface area contributed by atoms with Crippen LogP contribution in [-0.2, 0) is 24.0 Å². The van der Waals surface area contributed by atoms with Crippen molar-refractivity contribution in [3.8, 4) is 17.0 Å². The van der Waals surface area contributed by atoms with Gasteiger partial charge in [0.1, 0.15) is 17.3 Å². The number of nitrogens with two attached hydrogens (primary N) is 1. The third kappa shape index (κ3) is 9.75. The summed E-state index contributed by atoms with van der Waals surface area (Å²) in [6, 6.07) is 10.6. The molecule has 2 aromatic heterocycles. The number of unbranched alkanes of at least 4 members (excludes halogenated alkanes) is 1. The van der Waals surface area contributed by atoms with Crippen LogP contribution in [0.1, 0.15) is 61.0 Å². The van der Waals surface area contributed by atoms with Crippen molar-refractivity contribution < 1.29 is 38.6 Å². The maximum absolute atomic E-state index is 12.9. The number of imidazole rings is 1. The van der Waals surface area contributed by atoms with Crippen molar-refractivity contribution in [1.82, 2.24) is 30.3 Å². The lowest BCUT2D eigenvalue weighted by Crippen LogP contribution is -3.15. The summed E-state index contributed by atoms with van der Waals surface area (Å²) < 4.78 is 7.42. The lowest BCUT2D eigenvalue weighted by Gasteiger charge is -2.30. The molecule has 55 heavy (non-hydrogen) atoms. The summed E-state index contributed by atoms with van der Waals surface area (Å²) >= 11 is 0. The number of hydrogen-bond acceptors (Lipinski definition) is 12.